The van der Waals surface area contributed by atoms with E-state index in [-0.39, 0.29) is 11.2 Å². The molecule has 27 heavy (non-hydrogen) atoms. The summed E-state index contributed by atoms with van der Waals surface area (Å²) in [5, 5.41) is 8.18. The van der Waals surface area contributed by atoms with Gasteiger partial charge in [-0.3, -0.25) is 4.79 Å². The molecule has 0 saturated heterocycles. The highest BCUT2D eigenvalue weighted by Gasteiger charge is 2.36. The Morgan fingerprint density at radius 3 is 2.41 bits per heavy atom. The van der Waals surface area contributed by atoms with E-state index < -0.39 is 0 Å². The number of fused-ring (bicyclic) bond motifs is 1. The molecule has 0 fully saturated rings. The maximum atomic E-state index is 13.0. The van der Waals surface area contributed by atoms with Crippen molar-refractivity contribution in [2.45, 2.75) is 40.0 Å². The third kappa shape index (κ3) is 3.39. The number of ketones is 1. The SMILES string of the molecule is CCc1ccc(Nc2nn(-c3ccccc3)c3c2C(=O)CC(C)(C)C3)cc1. The quantitative estimate of drug-likeness (QED) is 0.684. The van der Waals surface area contributed by atoms with Gasteiger partial charge in [0.25, 0.3) is 0 Å². The summed E-state index contributed by atoms with van der Waals surface area (Å²) in [5.41, 5.74) is 4.89. The molecule has 138 valence electrons. The third-order valence-corrected chi connectivity index (χ3v) is 5.17. The molecule has 0 radical (unpaired) electrons. The smallest absolute Gasteiger partial charge is 0.169 e. The van der Waals surface area contributed by atoms with E-state index in [4.69, 9.17) is 5.10 Å². The second-order valence-corrected chi connectivity index (χ2v) is 8.03. The Kier molecular flexibility index (Phi) is 4.34. The number of hydrogen-bond donors (Lipinski definition) is 1. The number of Topliss-reactive ketones (excluding diaryl/α,β-unsaturated/α-hetero) is 1. The molecule has 0 aliphatic heterocycles. The zero-order valence-electron chi connectivity index (χ0n) is 16.1. The minimum Gasteiger partial charge on any atom is -0.338 e. The topological polar surface area (TPSA) is 46.9 Å². The Labute approximate surface area is 160 Å². The van der Waals surface area contributed by atoms with E-state index in [1.54, 1.807) is 0 Å². The van der Waals surface area contributed by atoms with Gasteiger partial charge in [-0.2, -0.15) is 0 Å². The molecule has 1 aliphatic carbocycles. The number of benzene rings is 2. The molecular formula is C23H25N3O. The molecule has 0 saturated carbocycles. The number of anilines is 2. The Balaban J connectivity index is 1.80. The van der Waals surface area contributed by atoms with Crippen LogP contribution in [0.3, 0.4) is 0 Å². The molecule has 4 nitrogen and oxygen atoms in total. The standard InChI is InChI=1S/C23H25N3O/c1-4-16-10-12-17(13-11-16)24-22-21-19(14-23(2,3)15-20(21)27)26(25-22)18-8-6-5-7-9-18/h5-13H,4,14-15H2,1-3H3,(H,24,25). The highest BCUT2D eigenvalue weighted by Crippen LogP contribution is 2.39. The van der Waals surface area contributed by atoms with Crippen molar-refractivity contribution < 1.29 is 4.79 Å². The number of aryl methyl sites for hydroxylation is 1. The number of rotatable bonds is 4. The van der Waals surface area contributed by atoms with Crippen LogP contribution in [0.4, 0.5) is 11.5 Å². The number of para-hydroxylation sites is 1. The molecule has 0 unspecified atom stereocenters. The largest absolute Gasteiger partial charge is 0.338 e. The number of carbonyl (C=O) groups is 1. The van der Waals surface area contributed by atoms with Crippen molar-refractivity contribution in [3.8, 4) is 5.69 Å². The van der Waals surface area contributed by atoms with Crippen molar-refractivity contribution in [2.24, 2.45) is 5.41 Å². The van der Waals surface area contributed by atoms with Gasteiger partial charge in [-0.15, -0.1) is 5.10 Å². The van der Waals surface area contributed by atoms with Gasteiger partial charge in [0.1, 0.15) is 0 Å². The van der Waals surface area contributed by atoms with Gasteiger partial charge in [0, 0.05) is 12.1 Å². The number of hydrogen-bond acceptors (Lipinski definition) is 3. The van der Waals surface area contributed by atoms with Gasteiger partial charge >= 0.3 is 0 Å². The van der Waals surface area contributed by atoms with Crippen molar-refractivity contribution >= 4 is 17.3 Å². The first-order valence-electron chi connectivity index (χ1n) is 9.53. The predicted octanol–water partition coefficient (Wildman–Crippen LogP) is 5.33. The minimum absolute atomic E-state index is 0.0588. The lowest BCUT2D eigenvalue weighted by atomic mass is 9.76. The lowest BCUT2D eigenvalue weighted by Gasteiger charge is -2.29. The van der Waals surface area contributed by atoms with Crippen LogP contribution in [0.5, 0.6) is 0 Å². The molecule has 0 amide bonds. The van der Waals surface area contributed by atoms with Crippen molar-refractivity contribution in [3.05, 3.63) is 71.4 Å². The zero-order valence-corrected chi connectivity index (χ0v) is 16.1. The highest BCUT2D eigenvalue weighted by molar-refractivity contribution is 6.03. The van der Waals surface area contributed by atoms with Crippen LogP contribution in [0, 0.1) is 5.41 Å². The lowest BCUT2D eigenvalue weighted by molar-refractivity contribution is 0.0912. The maximum absolute atomic E-state index is 13.0. The van der Waals surface area contributed by atoms with Crippen LogP contribution in [0.15, 0.2) is 54.6 Å². The van der Waals surface area contributed by atoms with Crippen LogP contribution < -0.4 is 5.32 Å². The van der Waals surface area contributed by atoms with Gasteiger partial charge < -0.3 is 5.32 Å². The molecule has 1 N–H and O–H groups in total. The highest BCUT2D eigenvalue weighted by atomic mass is 16.1. The average molecular weight is 359 g/mol. The van der Waals surface area contributed by atoms with Crippen LogP contribution in [0.2, 0.25) is 0 Å². The lowest BCUT2D eigenvalue weighted by Crippen LogP contribution is -2.28. The van der Waals surface area contributed by atoms with Gasteiger partial charge in [-0.25, -0.2) is 4.68 Å². The molecule has 1 aromatic heterocycles. The molecular weight excluding hydrogens is 334 g/mol. The first-order chi connectivity index (χ1) is 13.0. The summed E-state index contributed by atoms with van der Waals surface area (Å²) in [6.45, 7) is 6.43. The Morgan fingerprint density at radius 1 is 1.04 bits per heavy atom. The van der Waals surface area contributed by atoms with Gasteiger partial charge in [0.2, 0.25) is 0 Å². The monoisotopic (exact) mass is 359 g/mol. The van der Waals surface area contributed by atoms with Crippen molar-refractivity contribution in [1.82, 2.24) is 9.78 Å². The van der Waals surface area contributed by atoms with Crippen molar-refractivity contribution in [2.75, 3.05) is 5.32 Å². The molecule has 2 aromatic carbocycles. The summed E-state index contributed by atoms with van der Waals surface area (Å²) in [4.78, 5) is 13.0. The van der Waals surface area contributed by atoms with Crippen molar-refractivity contribution in [1.29, 1.82) is 0 Å². The van der Waals surface area contributed by atoms with E-state index in [0.29, 0.717) is 12.2 Å². The first kappa shape index (κ1) is 17.5. The Bertz CT molecular complexity index is 969. The Hall–Kier alpha value is -2.88. The van der Waals surface area contributed by atoms with E-state index in [1.807, 2.05) is 47.1 Å². The average Bonchev–Trinajstić information content (AvgIpc) is 3.00. The van der Waals surface area contributed by atoms with Crippen LogP contribution in [-0.2, 0) is 12.8 Å². The number of nitrogens with zero attached hydrogens (tertiary/aromatic N) is 2. The molecule has 0 atom stereocenters. The minimum atomic E-state index is -0.0588. The Morgan fingerprint density at radius 2 is 1.74 bits per heavy atom. The van der Waals surface area contributed by atoms with E-state index in [2.05, 4.69) is 38.2 Å². The normalized spacial score (nSPS) is 15.4. The van der Waals surface area contributed by atoms with Gasteiger partial charge in [-0.05, 0) is 48.1 Å². The fraction of sp³-hybridized carbons (Fsp3) is 0.304. The summed E-state index contributed by atoms with van der Waals surface area (Å²) in [6, 6.07) is 18.3. The molecule has 4 rings (SSSR count). The van der Waals surface area contributed by atoms with Crippen molar-refractivity contribution in [3.63, 3.8) is 0 Å². The van der Waals surface area contributed by atoms with Gasteiger partial charge in [-0.1, -0.05) is 51.1 Å². The summed E-state index contributed by atoms with van der Waals surface area (Å²) < 4.78 is 1.93. The second kappa shape index (κ2) is 6.69. The molecule has 0 bridgehead atoms. The fourth-order valence-corrected chi connectivity index (χ4v) is 3.78. The van der Waals surface area contributed by atoms with Crippen LogP contribution in [0.25, 0.3) is 5.69 Å². The first-order valence-corrected chi connectivity index (χ1v) is 9.53. The van der Waals surface area contributed by atoms with Gasteiger partial charge in [0.05, 0.1) is 16.9 Å². The molecule has 1 heterocycles. The number of nitrogens with one attached hydrogen (secondary N) is 1. The number of carbonyl (C=O) groups excluding carboxylic acids is 1. The van der Waals surface area contributed by atoms with Gasteiger partial charge in [0.15, 0.2) is 11.6 Å². The molecule has 1 aliphatic rings. The van der Waals surface area contributed by atoms with Crippen LogP contribution in [0.1, 0.15) is 48.8 Å². The second-order valence-electron chi connectivity index (χ2n) is 8.03. The zero-order chi connectivity index (χ0) is 19.0. The van der Waals surface area contributed by atoms with E-state index in [0.717, 1.165) is 35.5 Å². The predicted molar refractivity (Wildman–Crippen MR) is 109 cm³/mol. The summed E-state index contributed by atoms with van der Waals surface area (Å²) in [6.07, 6.45) is 2.38. The van der Waals surface area contributed by atoms with Crippen LogP contribution >= 0.6 is 0 Å². The summed E-state index contributed by atoms with van der Waals surface area (Å²) in [7, 11) is 0. The molecule has 3 aromatic rings. The third-order valence-electron chi connectivity index (χ3n) is 5.17. The molecule has 4 heteroatoms. The number of aromatic nitrogens is 2. The van der Waals surface area contributed by atoms with E-state index in [1.165, 1.54) is 5.56 Å². The van der Waals surface area contributed by atoms with E-state index >= 15 is 0 Å². The fourth-order valence-electron chi connectivity index (χ4n) is 3.78. The van der Waals surface area contributed by atoms with E-state index in [9.17, 15) is 4.79 Å². The maximum Gasteiger partial charge on any atom is 0.169 e. The summed E-state index contributed by atoms with van der Waals surface area (Å²) in [5.74, 6) is 0.815. The molecule has 0 spiro atoms. The summed E-state index contributed by atoms with van der Waals surface area (Å²) >= 11 is 0. The van der Waals surface area contributed by atoms with Crippen LogP contribution in [-0.4, -0.2) is 15.6 Å².